The van der Waals surface area contributed by atoms with E-state index in [2.05, 4.69) is 11.4 Å². The van der Waals surface area contributed by atoms with Gasteiger partial charge in [0.05, 0.1) is 0 Å². The summed E-state index contributed by atoms with van der Waals surface area (Å²) < 4.78 is 0. The highest BCUT2D eigenvalue weighted by Crippen LogP contribution is 2.37. The first-order valence-corrected chi connectivity index (χ1v) is 11.4. The van der Waals surface area contributed by atoms with Crippen molar-refractivity contribution in [3.05, 3.63) is 83.6 Å². The number of benzene rings is 2. The van der Waals surface area contributed by atoms with E-state index >= 15 is 0 Å². The van der Waals surface area contributed by atoms with Crippen molar-refractivity contribution in [3.63, 3.8) is 0 Å². The standard InChI is InChI=1S/C26H27N3O3/c30-23(29(22-16-17-22)21-14-8-3-9-15-21)18-28-24(31)26(27-25(28)32,19-10-4-1-5-11-19)20-12-6-2-7-13-20/h1-2,4-7,10-14,22H,3,8-9,15-18H2,(H,27,32). The molecule has 0 spiro atoms. The van der Waals surface area contributed by atoms with E-state index in [1.54, 1.807) is 0 Å². The van der Waals surface area contributed by atoms with Crippen LogP contribution in [0.25, 0.3) is 0 Å². The Hall–Kier alpha value is -3.41. The Morgan fingerprint density at radius 3 is 2.12 bits per heavy atom. The summed E-state index contributed by atoms with van der Waals surface area (Å²) in [4.78, 5) is 43.2. The lowest BCUT2D eigenvalue weighted by Crippen LogP contribution is -2.46. The van der Waals surface area contributed by atoms with Gasteiger partial charge in [-0.25, -0.2) is 4.79 Å². The number of hydrogen-bond acceptors (Lipinski definition) is 3. The van der Waals surface area contributed by atoms with Crippen molar-refractivity contribution >= 4 is 17.8 Å². The lowest BCUT2D eigenvalue weighted by Gasteiger charge is -2.30. The maximum absolute atomic E-state index is 13.8. The molecule has 1 heterocycles. The molecule has 1 N–H and O–H groups in total. The van der Waals surface area contributed by atoms with Crippen LogP contribution in [-0.4, -0.2) is 40.2 Å². The van der Waals surface area contributed by atoms with Gasteiger partial charge in [-0.1, -0.05) is 66.7 Å². The minimum absolute atomic E-state index is 0.180. The molecule has 0 atom stereocenters. The van der Waals surface area contributed by atoms with Crippen molar-refractivity contribution < 1.29 is 14.4 Å². The molecule has 2 aromatic rings. The number of hydrogen-bond donors (Lipinski definition) is 1. The summed E-state index contributed by atoms with van der Waals surface area (Å²) in [6.07, 6.45) is 8.14. The van der Waals surface area contributed by atoms with Crippen molar-refractivity contribution in [2.75, 3.05) is 6.54 Å². The molecule has 32 heavy (non-hydrogen) atoms. The third-order valence-electron chi connectivity index (χ3n) is 6.57. The van der Waals surface area contributed by atoms with Gasteiger partial charge < -0.3 is 10.2 Å². The van der Waals surface area contributed by atoms with Crippen LogP contribution < -0.4 is 5.32 Å². The molecule has 2 fully saturated rings. The Morgan fingerprint density at radius 1 is 0.969 bits per heavy atom. The normalized spacial score (nSPS) is 20.0. The summed E-state index contributed by atoms with van der Waals surface area (Å²) in [6, 6.07) is 18.1. The minimum Gasteiger partial charge on any atom is -0.315 e. The summed E-state index contributed by atoms with van der Waals surface area (Å²) in [5, 5.41) is 2.92. The quantitative estimate of drug-likeness (QED) is 0.708. The number of nitrogens with one attached hydrogen (secondary N) is 1. The molecule has 164 valence electrons. The molecule has 3 aliphatic rings. The van der Waals surface area contributed by atoms with Gasteiger partial charge in [0.25, 0.3) is 5.91 Å². The highest BCUT2D eigenvalue weighted by atomic mass is 16.2. The van der Waals surface area contributed by atoms with Gasteiger partial charge in [-0.2, -0.15) is 0 Å². The Kier molecular flexibility index (Phi) is 5.29. The number of rotatable bonds is 6. The van der Waals surface area contributed by atoms with Gasteiger partial charge in [-0.05, 0) is 49.7 Å². The van der Waals surface area contributed by atoms with Crippen LogP contribution in [0.1, 0.15) is 49.7 Å². The Bertz CT molecular complexity index is 1020. The maximum Gasteiger partial charge on any atom is 0.326 e. The van der Waals surface area contributed by atoms with Crippen molar-refractivity contribution in [3.8, 4) is 0 Å². The zero-order valence-electron chi connectivity index (χ0n) is 18.0. The molecule has 0 unspecified atom stereocenters. The van der Waals surface area contributed by atoms with Crippen LogP contribution >= 0.6 is 0 Å². The summed E-state index contributed by atoms with van der Waals surface area (Å²) in [5.41, 5.74) is 1.06. The number of nitrogens with zero attached hydrogens (tertiary/aromatic N) is 2. The second kappa shape index (κ2) is 8.26. The molecule has 2 aromatic carbocycles. The fourth-order valence-corrected chi connectivity index (χ4v) is 4.84. The van der Waals surface area contributed by atoms with Gasteiger partial charge in [0.1, 0.15) is 6.54 Å². The number of carbonyl (C=O) groups excluding carboxylic acids is 3. The van der Waals surface area contributed by atoms with Crippen LogP contribution in [0.2, 0.25) is 0 Å². The van der Waals surface area contributed by atoms with Crippen LogP contribution in [0.3, 0.4) is 0 Å². The van der Waals surface area contributed by atoms with Gasteiger partial charge in [0, 0.05) is 11.7 Å². The van der Waals surface area contributed by atoms with Crippen molar-refractivity contribution in [1.82, 2.24) is 15.1 Å². The molecule has 0 aromatic heterocycles. The fourth-order valence-electron chi connectivity index (χ4n) is 4.84. The SMILES string of the molecule is O=C1NC(c2ccccc2)(c2ccccc2)C(=O)N1CC(=O)N(C1=CCCCC1)C1CC1. The molecule has 2 aliphatic carbocycles. The monoisotopic (exact) mass is 429 g/mol. The predicted octanol–water partition coefficient (Wildman–Crippen LogP) is 3.93. The molecular weight excluding hydrogens is 402 g/mol. The lowest BCUT2D eigenvalue weighted by molar-refractivity contribution is -0.137. The van der Waals surface area contributed by atoms with Crippen LogP contribution in [0, 0.1) is 0 Å². The molecule has 4 amide bonds. The minimum atomic E-state index is -1.34. The first-order chi connectivity index (χ1) is 15.6. The average Bonchev–Trinajstić information content (AvgIpc) is 3.63. The summed E-state index contributed by atoms with van der Waals surface area (Å²) in [6.45, 7) is -0.250. The zero-order valence-corrected chi connectivity index (χ0v) is 18.0. The van der Waals surface area contributed by atoms with Gasteiger partial charge in [-0.3, -0.25) is 14.5 Å². The first-order valence-electron chi connectivity index (χ1n) is 11.4. The summed E-state index contributed by atoms with van der Waals surface area (Å²) >= 11 is 0. The van der Waals surface area contributed by atoms with Crippen LogP contribution in [0.5, 0.6) is 0 Å². The molecule has 1 saturated carbocycles. The van der Waals surface area contributed by atoms with Crippen molar-refractivity contribution in [2.24, 2.45) is 0 Å². The molecule has 0 bridgehead atoms. The molecule has 1 aliphatic heterocycles. The Balaban J connectivity index is 1.47. The van der Waals surface area contributed by atoms with Crippen LogP contribution in [0.15, 0.2) is 72.4 Å². The van der Waals surface area contributed by atoms with Crippen LogP contribution in [-0.2, 0) is 15.1 Å². The topological polar surface area (TPSA) is 69.7 Å². The largest absolute Gasteiger partial charge is 0.326 e. The molecule has 6 heteroatoms. The van der Waals surface area contributed by atoms with Gasteiger partial charge in [-0.15, -0.1) is 0 Å². The number of allylic oxidation sites excluding steroid dienone is 2. The van der Waals surface area contributed by atoms with E-state index in [-0.39, 0.29) is 18.5 Å². The van der Waals surface area contributed by atoms with E-state index in [4.69, 9.17) is 0 Å². The number of carbonyl (C=O) groups is 3. The van der Waals surface area contributed by atoms with E-state index in [9.17, 15) is 14.4 Å². The Morgan fingerprint density at radius 2 is 1.59 bits per heavy atom. The van der Waals surface area contributed by atoms with E-state index in [0.29, 0.717) is 11.1 Å². The van der Waals surface area contributed by atoms with Gasteiger partial charge in [0.2, 0.25) is 5.91 Å². The van der Waals surface area contributed by atoms with Gasteiger partial charge in [0.15, 0.2) is 5.54 Å². The van der Waals surface area contributed by atoms with Gasteiger partial charge >= 0.3 is 6.03 Å². The second-order valence-electron chi connectivity index (χ2n) is 8.74. The highest BCUT2D eigenvalue weighted by Gasteiger charge is 2.54. The fraction of sp³-hybridized carbons (Fsp3) is 0.346. The zero-order chi connectivity index (χ0) is 22.1. The Labute approximate surface area is 187 Å². The van der Waals surface area contributed by atoms with E-state index in [1.165, 1.54) is 0 Å². The molecule has 5 rings (SSSR count). The predicted molar refractivity (Wildman–Crippen MR) is 120 cm³/mol. The number of amides is 4. The molecule has 0 radical (unpaired) electrons. The molecule has 6 nitrogen and oxygen atoms in total. The number of imide groups is 1. The third kappa shape index (κ3) is 3.49. The smallest absolute Gasteiger partial charge is 0.315 e. The van der Waals surface area contributed by atoms with E-state index in [0.717, 1.165) is 49.1 Å². The molecule has 1 saturated heterocycles. The van der Waals surface area contributed by atoms with E-state index < -0.39 is 17.5 Å². The first kappa shape index (κ1) is 20.5. The van der Waals surface area contributed by atoms with Crippen molar-refractivity contribution in [2.45, 2.75) is 50.1 Å². The van der Waals surface area contributed by atoms with Crippen molar-refractivity contribution in [1.29, 1.82) is 0 Å². The third-order valence-corrected chi connectivity index (χ3v) is 6.57. The maximum atomic E-state index is 13.8. The molecular formula is C26H27N3O3. The summed E-state index contributed by atoms with van der Waals surface area (Å²) in [7, 11) is 0. The van der Waals surface area contributed by atoms with Crippen LogP contribution in [0.4, 0.5) is 4.79 Å². The number of urea groups is 1. The summed E-state index contributed by atoms with van der Waals surface area (Å²) in [5.74, 6) is -0.595. The average molecular weight is 430 g/mol. The highest BCUT2D eigenvalue weighted by molar-refractivity contribution is 6.11. The van der Waals surface area contributed by atoms with E-state index in [1.807, 2.05) is 65.6 Å². The second-order valence-corrected chi connectivity index (χ2v) is 8.74. The lowest BCUT2D eigenvalue weighted by atomic mass is 9.82.